The fraction of sp³-hybridized carbons (Fsp3) is 0.471. The molecule has 1 atom stereocenters. The van der Waals surface area contributed by atoms with Gasteiger partial charge < -0.3 is 9.88 Å². The number of sulfone groups is 1. The van der Waals surface area contributed by atoms with E-state index in [9.17, 15) is 13.2 Å². The van der Waals surface area contributed by atoms with Gasteiger partial charge in [-0.25, -0.2) is 8.42 Å². The minimum atomic E-state index is -2.94. The predicted molar refractivity (Wildman–Crippen MR) is 91.1 cm³/mol. The number of nitrogens with zero attached hydrogens (tertiary/aromatic N) is 1. The van der Waals surface area contributed by atoms with Crippen LogP contribution in [0.2, 0.25) is 0 Å². The highest BCUT2D eigenvalue weighted by Gasteiger charge is 2.28. The Hall–Kier alpha value is -1.82. The number of hydrogen-bond donors (Lipinski definition) is 1. The van der Waals surface area contributed by atoms with Gasteiger partial charge >= 0.3 is 0 Å². The van der Waals surface area contributed by atoms with Gasteiger partial charge in [-0.3, -0.25) is 4.79 Å². The van der Waals surface area contributed by atoms with E-state index in [-0.39, 0.29) is 23.5 Å². The van der Waals surface area contributed by atoms with Crippen molar-refractivity contribution in [3.05, 3.63) is 36.0 Å². The van der Waals surface area contributed by atoms with Crippen LogP contribution in [0.1, 0.15) is 24.8 Å². The zero-order chi connectivity index (χ0) is 16.4. The van der Waals surface area contributed by atoms with Crippen molar-refractivity contribution in [1.29, 1.82) is 0 Å². The molecule has 6 heteroatoms. The van der Waals surface area contributed by atoms with E-state index in [4.69, 9.17) is 0 Å². The second-order valence-electron chi connectivity index (χ2n) is 6.30. The van der Waals surface area contributed by atoms with Gasteiger partial charge in [0.25, 0.3) is 0 Å². The molecule has 5 nitrogen and oxygen atoms in total. The lowest BCUT2D eigenvalue weighted by Crippen LogP contribution is -2.35. The first-order valence-electron chi connectivity index (χ1n) is 7.97. The molecule has 0 radical (unpaired) electrons. The SMILES string of the molecule is Cn1cc(CCCC(=O)NC2CCS(=O)(=O)C2)c2ccccc21. The smallest absolute Gasteiger partial charge is 0.220 e. The van der Waals surface area contributed by atoms with Gasteiger partial charge in [-0.15, -0.1) is 0 Å². The fourth-order valence-corrected chi connectivity index (χ4v) is 4.95. The predicted octanol–water partition coefficient (Wildman–Crippen LogP) is 1.80. The van der Waals surface area contributed by atoms with Gasteiger partial charge in [0.05, 0.1) is 11.5 Å². The summed E-state index contributed by atoms with van der Waals surface area (Å²) >= 11 is 0. The van der Waals surface area contributed by atoms with Crippen LogP contribution >= 0.6 is 0 Å². The number of carbonyl (C=O) groups excluding carboxylic acids is 1. The van der Waals surface area contributed by atoms with Crippen LogP contribution in [-0.2, 0) is 28.1 Å². The van der Waals surface area contributed by atoms with Crippen LogP contribution in [0.5, 0.6) is 0 Å². The van der Waals surface area contributed by atoms with Crippen molar-refractivity contribution < 1.29 is 13.2 Å². The third-order valence-corrected chi connectivity index (χ3v) is 6.19. The molecule has 2 aromatic rings. The zero-order valence-corrected chi connectivity index (χ0v) is 14.1. The monoisotopic (exact) mass is 334 g/mol. The van der Waals surface area contributed by atoms with Gasteiger partial charge in [-0.2, -0.15) is 0 Å². The average Bonchev–Trinajstić information content (AvgIpc) is 3.00. The average molecular weight is 334 g/mol. The molecule has 124 valence electrons. The number of rotatable bonds is 5. The van der Waals surface area contributed by atoms with Gasteiger partial charge in [0.15, 0.2) is 9.84 Å². The fourth-order valence-electron chi connectivity index (χ4n) is 3.27. The molecule has 1 unspecified atom stereocenters. The molecule has 0 saturated carbocycles. The van der Waals surface area contributed by atoms with E-state index < -0.39 is 9.84 Å². The Labute approximate surface area is 136 Å². The van der Waals surface area contributed by atoms with Crippen molar-refractivity contribution >= 4 is 26.6 Å². The van der Waals surface area contributed by atoms with Crippen LogP contribution < -0.4 is 5.32 Å². The molecule has 1 amide bonds. The minimum Gasteiger partial charge on any atom is -0.352 e. The van der Waals surface area contributed by atoms with Gasteiger partial charge in [0.1, 0.15) is 0 Å². The van der Waals surface area contributed by atoms with Crippen LogP contribution in [0, 0.1) is 0 Å². The van der Waals surface area contributed by atoms with Gasteiger partial charge in [-0.05, 0) is 30.9 Å². The number of hydrogen-bond acceptors (Lipinski definition) is 3. The number of aromatic nitrogens is 1. The molecule has 1 aromatic heterocycles. The largest absolute Gasteiger partial charge is 0.352 e. The molecule has 1 N–H and O–H groups in total. The van der Waals surface area contributed by atoms with Crippen molar-refractivity contribution in [3.63, 3.8) is 0 Å². The molecule has 0 aliphatic carbocycles. The Bertz CT molecular complexity index is 823. The molecule has 1 fully saturated rings. The van der Waals surface area contributed by atoms with Crippen LogP contribution in [0.25, 0.3) is 10.9 Å². The van der Waals surface area contributed by atoms with E-state index in [1.54, 1.807) is 0 Å². The van der Waals surface area contributed by atoms with E-state index >= 15 is 0 Å². The van der Waals surface area contributed by atoms with Crippen molar-refractivity contribution in [2.45, 2.75) is 31.7 Å². The lowest BCUT2D eigenvalue weighted by atomic mass is 10.1. The highest BCUT2D eigenvalue weighted by molar-refractivity contribution is 7.91. The summed E-state index contributed by atoms with van der Waals surface area (Å²) in [7, 11) is -0.917. The second kappa shape index (κ2) is 6.35. The number of amides is 1. The number of nitrogens with one attached hydrogen (secondary N) is 1. The summed E-state index contributed by atoms with van der Waals surface area (Å²) < 4.78 is 24.9. The van der Waals surface area contributed by atoms with Gasteiger partial charge in [0, 0.05) is 36.6 Å². The summed E-state index contributed by atoms with van der Waals surface area (Å²) in [4.78, 5) is 12.0. The van der Waals surface area contributed by atoms with E-state index in [0.717, 1.165) is 12.8 Å². The normalized spacial score (nSPS) is 20.0. The Morgan fingerprint density at radius 3 is 2.87 bits per heavy atom. The summed E-state index contributed by atoms with van der Waals surface area (Å²) in [6.07, 6.45) is 4.69. The number of benzene rings is 1. The number of aryl methyl sites for hydroxylation is 2. The molecular weight excluding hydrogens is 312 g/mol. The third-order valence-electron chi connectivity index (χ3n) is 4.43. The van der Waals surface area contributed by atoms with Crippen molar-refractivity contribution in [3.8, 4) is 0 Å². The van der Waals surface area contributed by atoms with Crippen LogP contribution in [0.15, 0.2) is 30.5 Å². The number of para-hydroxylation sites is 1. The van der Waals surface area contributed by atoms with Gasteiger partial charge in [0.2, 0.25) is 5.91 Å². The van der Waals surface area contributed by atoms with Crippen LogP contribution in [0.4, 0.5) is 0 Å². The number of fused-ring (bicyclic) bond motifs is 1. The van der Waals surface area contributed by atoms with Crippen molar-refractivity contribution in [2.75, 3.05) is 11.5 Å². The molecule has 0 spiro atoms. The first kappa shape index (κ1) is 16.1. The summed E-state index contributed by atoms with van der Waals surface area (Å²) in [5, 5.41) is 4.07. The number of carbonyl (C=O) groups is 1. The van der Waals surface area contributed by atoms with Crippen LogP contribution in [-0.4, -0.2) is 36.4 Å². The highest BCUT2D eigenvalue weighted by Crippen LogP contribution is 2.21. The Morgan fingerprint density at radius 1 is 1.35 bits per heavy atom. The summed E-state index contributed by atoms with van der Waals surface area (Å²) in [5.74, 6) is 0.225. The van der Waals surface area contributed by atoms with Crippen molar-refractivity contribution in [2.24, 2.45) is 7.05 Å². The van der Waals surface area contributed by atoms with E-state index in [1.165, 1.54) is 16.5 Å². The van der Waals surface area contributed by atoms with Crippen LogP contribution in [0.3, 0.4) is 0 Å². The molecule has 2 heterocycles. The van der Waals surface area contributed by atoms with E-state index in [1.807, 2.05) is 19.2 Å². The Morgan fingerprint density at radius 2 is 2.13 bits per heavy atom. The molecule has 1 aliphatic rings. The molecule has 23 heavy (non-hydrogen) atoms. The molecule has 3 rings (SSSR count). The van der Waals surface area contributed by atoms with Crippen molar-refractivity contribution in [1.82, 2.24) is 9.88 Å². The lowest BCUT2D eigenvalue weighted by molar-refractivity contribution is -0.121. The topological polar surface area (TPSA) is 68.2 Å². The van der Waals surface area contributed by atoms with E-state index in [2.05, 4.69) is 28.2 Å². The summed E-state index contributed by atoms with van der Waals surface area (Å²) in [6, 6.07) is 8.04. The lowest BCUT2D eigenvalue weighted by Gasteiger charge is -2.10. The molecular formula is C17H22N2O3S. The Balaban J connectivity index is 1.52. The zero-order valence-electron chi connectivity index (χ0n) is 13.3. The molecule has 1 aliphatic heterocycles. The second-order valence-corrected chi connectivity index (χ2v) is 8.53. The molecule has 1 saturated heterocycles. The molecule has 0 bridgehead atoms. The highest BCUT2D eigenvalue weighted by atomic mass is 32.2. The standard InChI is InChI=1S/C17H22N2O3S/c1-19-11-13(15-6-2-3-7-16(15)19)5-4-8-17(20)18-14-9-10-23(21,22)12-14/h2-3,6-7,11,14H,4-5,8-10,12H2,1H3,(H,18,20). The maximum absolute atomic E-state index is 12.0. The Kier molecular flexibility index (Phi) is 4.43. The maximum Gasteiger partial charge on any atom is 0.220 e. The minimum absolute atomic E-state index is 0.0488. The first-order chi connectivity index (χ1) is 10.9. The van der Waals surface area contributed by atoms with E-state index in [0.29, 0.717) is 12.8 Å². The maximum atomic E-state index is 12.0. The summed E-state index contributed by atoms with van der Waals surface area (Å²) in [6.45, 7) is 0. The first-order valence-corrected chi connectivity index (χ1v) is 9.79. The molecule has 1 aromatic carbocycles. The quantitative estimate of drug-likeness (QED) is 0.907. The van der Waals surface area contributed by atoms with Gasteiger partial charge in [-0.1, -0.05) is 18.2 Å². The summed E-state index contributed by atoms with van der Waals surface area (Å²) in [5.41, 5.74) is 2.45. The third kappa shape index (κ3) is 3.75.